The third-order valence-corrected chi connectivity index (χ3v) is 5.48. The zero-order valence-electron chi connectivity index (χ0n) is 11.2. The van der Waals surface area contributed by atoms with Crippen molar-refractivity contribution in [3.05, 3.63) is 51.1 Å². The average Bonchev–Trinajstić information content (AvgIpc) is 3.03. The molecule has 2 heterocycles. The second-order valence-electron chi connectivity index (χ2n) is 5.18. The van der Waals surface area contributed by atoms with E-state index in [1.165, 1.54) is 23.7 Å². The van der Waals surface area contributed by atoms with Crippen LogP contribution in [0.3, 0.4) is 0 Å². The van der Waals surface area contributed by atoms with E-state index in [0.29, 0.717) is 29.8 Å². The number of halogens is 3. The first kappa shape index (κ1) is 14.0. The van der Waals surface area contributed by atoms with Crippen molar-refractivity contribution in [1.29, 1.82) is 0 Å². The fourth-order valence-electron chi connectivity index (χ4n) is 2.89. The number of anilines is 1. The fraction of sp³-hybridized carbons (Fsp3) is 0.200. The molecule has 0 spiro atoms. The number of fused-ring (bicyclic) bond motifs is 2. The Morgan fingerprint density at radius 2 is 2.09 bits per heavy atom. The lowest BCUT2D eigenvalue weighted by Gasteiger charge is -2.15. The molecule has 1 aliphatic carbocycles. The van der Waals surface area contributed by atoms with Gasteiger partial charge in [-0.2, -0.15) is 0 Å². The number of hydrogen-bond donors (Lipinski definition) is 1. The van der Waals surface area contributed by atoms with Crippen LogP contribution in [0.1, 0.15) is 23.6 Å². The van der Waals surface area contributed by atoms with Crippen molar-refractivity contribution in [2.75, 3.05) is 5.32 Å². The molecule has 2 aromatic heterocycles. The summed E-state index contributed by atoms with van der Waals surface area (Å²) in [6.07, 6.45) is 2.81. The highest BCUT2D eigenvalue weighted by atomic mass is 79.9. The molecule has 3 aromatic rings. The molecular formula is C15H10BrF2N3S. The highest BCUT2D eigenvalue weighted by Gasteiger charge is 2.27. The van der Waals surface area contributed by atoms with E-state index in [4.69, 9.17) is 0 Å². The minimum absolute atomic E-state index is 0.140. The van der Waals surface area contributed by atoms with E-state index in [9.17, 15) is 8.78 Å². The maximum Gasteiger partial charge on any atom is 0.147 e. The van der Waals surface area contributed by atoms with Crippen LogP contribution in [-0.2, 0) is 6.42 Å². The van der Waals surface area contributed by atoms with Crippen molar-refractivity contribution >= 4 is 43.3 Å². The predicted octanol–water partition coefficient (Wildman–Crippen LogP) is 4.83. The summed E-state index contributed by atoms with van der Waals surface area (Å²) in [5, 5.41) is 3.31. The third-order valence-electron chi connectivity index (χ3n) is 3.85. The molecule has 0 radical (unpaired) electrons. The number of rotatable bonds is 2. The summed E-state index contributed by atoms with van der Waals surface area (Å²) in [4.78, 5) is 8.50. The highest BCUT2D eigenvalue weighted by Crippen LogP contribution is 2.38. The van der Waals surface area contributed by atoms with Crippen LogP contribution in [0, 0.1) is 11.6 Å². The maximum atomic E-state index is 13.8. The Morgan fingerprint density at radius 3 is 2.95 bits per heavy atom. The third kappa shape index (κ3) is 2.28. The molecule has 1 unspecified atom stereocenters. The molecule has 1 aliphatic rings. The molecular weight excluding hydrogens is 372 g/mol. The number of nitrogens with zero attached hydrogens (tertiary/aromatic N) is 2. The molecule has 0 bridgehead atoms. The van der Waals surface area contributed by atoms with E-state index in [2.05, 4.69) is 31.2 Å². The first-order valence-corrected chi connectivity index (χ1v) is 8.37. The summed E-state index contributed by atoms with van der Waals surface area (Å²) in [5.74, 6) is -0.314. The number of thiophene rings is 1. The summed E-state index contributed by atoms with van der Waals surface area (Å²) in [6, 6.07) is 4.14. The van der Waals surface area contributed by atoms with Crippen LogP contribution < -0.4 is 5.32 Å². The van der Waals surface area contributed by atoms with Crippen LogP contribution in [0.4, 0.5) is 14.6 Å². The van der Waals surface area contributed by atoms with Crippen LogP contribution in [0.2, 0.25) is 0 Å². The number of aromatic nitrogens is 2. The Labute approximate surface area is 137 Å². The van der Waals surface area contributed by atoms with Gasteiger partial charge in [0, 0.05) is 6.07 Å². The molecule has 1 atom stereocenters. The summed E-state index contributed by atoms with van der Waals surface area (Å²) < 4.78 is 29.2. The van der Waals surface area contributed by atoms with Crippen LogP contribution in [-0.4, -0.2) is 9.97 Å². The Morgan fingerprint density at radius 1 is 1.23 bits per heavy atom. The maximum absolute atomic E-state index is 13.8. The van der Waals surface area contributed by atoms with E-state index >= 15 is 0 Å². The van der Waals surface area contributed by atoms with Gasteiger partial charge in [-0.05, 0) is 52.0 Å². The second-order valence-corrected chi connectivity index (χ2v) is 7.61. The zero-order chi connectivity index (χ0) is 15.3. The largest absolute Gasteiger partial charge is 0.362 e. The Bertz CT molecular complexity index is 881. The van der Waals surface area contributed by atoms with Gasteiger partial charge in [0.25, 0.3) is 0 Å². The van der Waals surface area contributed by atoms with Crippen molar-refractivity contribution < 1.29 is 8.78 Å². The van der Waals surface area contributed by atoms with Gasteiger partial charge in [-0.3, -0.25) is 0 Å². The minimum Gasteiger partial charge on any atom is -0.362 e. The standard InChI is InChI=1S/C15H10BrF2N3S/c16-13-5-12-14(22-13)15(20-6-19-12)21-11-2-1-8-9(11)3-7(17)4-10(8)18/h3-6,11H,1-2H2,(H,19,20,21). The molecule has 0 saturated carbocycles. The van der Waals surface area contributed by atoms with Crippen LogP contribution in [0.15, 0.2) is 28.3 Å². The predicted molar refractivity (Wildman–Crippen MR) is 86.2 cm³/mol. The van der Waals surface area contributed by atoms with E-state index in [-0.39, 0.29) is 6.04 Å². The van der Waals surface area contributed by atoms with Gasteiger partial charge < -0.3 is 5.32 Å². The molecule has 4 rings (SSSR count). The van der Waals surface area contributed by atoms with Gasteiger partial charge in [-0.15, -0.1) is 11.3 Å². The van der Waals surface area contributed by atoms with Gasteiger partial charge >= 0.3 is 0 Å². The van der Waals surface area contributed by atoms with Gasteiger partial charge in [0.15, 0.2) is 0 Å². The van der Waals surface area contributed by atoms with Gasteiger partial charge in [-0.25, -0.2) is 18.7 Å². The lowest BCUT2D eigenvalue weighted by molar-refractivity contribution is 0.574. The molecule has 0 fully saturated rings. The van der Waals surface area contributed by atoms with E-state index in [1.807, 2.05) is 6.07 Å². The average molecular weight is 382 g/mol. The number of benzene rings is 1. The van der Waals surface area contributed by atoms with Crippen LogP contribution >= 0.6 is 27.3 Å². The zero-order valence-corrected chi connectivity index (χ0v) is 13.6. The van der Waals surface area contributed by atoms with Gasteiger partial charge in [-0.1, -0.05) is 0 Å². The minimum atomic E-state index is -0.545. The fourth-order valence-corrected chi connectivity index (χ4v) is 4.38. The summed E-state index contributed by atoms with van der Waals surface area (Å²) in [6.45, 7) is 0. The second kappa shape index (κ2) is 5.24. The normalized spacial score (nSPS) is 17.0. The van der Waals surface area contributed by atoms with Crippen LogP contribution in [0.5, 0.6) is 0 Å². The smallest absolute Gasteiger partial charge is 0.147 e. The first-order chi connectivity index (χ1) is 10.6. The lowest BCUT2D eigenvalue weighted by Crippen LogP contribution is -2.09. The highest BCUT2D eigenvalue weighted by molar-refractivity contribution is 9.11. The van der Waals surface area contributed by atoms with E-state index in [1.54, 1.807) is 0 Å². The molecule has 1 aromatic carbocycles. The summed E-state index contributed by atoms with van der Waals surface area (Å²) in [7, 11) is 0. The molecule has 0 saturated heterocycles. The van der Waals surface area contributed by atoms with Gasteiger partial charge in [0.2, 0.25) is 0 Å². The summed E-state index contributed by atoms with van der Waals surface area (Å²) >= 11 is 4.97. The SMILES string of the molecule is Fc1cc(F)c2c(c1)C(Nc1ncnc3cc(Br)sc13)CC2. The lowest BCUT2D eigenvalue weighted by atomic mass is 10.1. The molecule has 7 heteroatoms. The molecule has 1 N–H and O–H groups in total. The molecule has 112 valence electrons. The quantitative estimate of drug-likeness (QED) is 0.690. The molecule has 0 aliphatic heterocycles. The first-order valence-electron chi connectivity index (χ1n) is 6.76. The Kier molecular flexibility index (Phi) is 3.34. The topological polar surface area (TPSA) is 37.8 Å². The molecule has 0 amide bonds. The van der Waals surface area contributed by atoms with E-state index in [0.717, 1.165) is 20.1 Å². The van der Waals surface area contributed by atoms with Crippen molar-refractivity contribution in [2.45, 2.75) is 18.9 Å². The molecule has 3 nitrogen and oxygen atoms in total. The number of hydrogen-bond acceptors (Lipinski definition) is 4. The van der Waals surface area contributed by atoms with Crippen molar-refractivity contribution in [2.24, 2.45) is 0 Å². The summed E-state index contributed by atoms with van der Waals surface area (Å²) in [5.41, 5.74) is 2.12. The number of nitrogens with one attached hydrogen (secondary N) is 1. The van der Waals surface area contributed by atoms with Crippen LogP contribution in [0.25, 0.3) is 10.2 Å². The molecule has 22 heavy (non-hydrogen) atoms. The Hall–Kier alpha value is -1.60. The van der Waals surface area contributed by atoms with Crippen molar-refractivity contribution in [3.8, 4) is 0 Å². The van der Waals surface area contributed by atoms with Gasteiger partial charge in [0.05, 0.1) is 20.0 Å². The monoisotopic (exact) mass is 381 g/mol. The van der Waals surface area contributed by atoms with Crippen molar-refractivity contribution in [1.82, 2.24) is 9.97 Å². The Balaban J connectivity index is 1.74. The van der Waals surface area contributed by atoms with Crippen molar-refractivity contribution in [3.63, 3.8) is 0 Å². The van der Waals surface area contributed by atoms with Gasteiger partial charge in [0.1, 0.15) is 23.8 Å². The van der Waals surface area contributed by atoms with E-state index < -0.39 is 11.6 Å².